The van der Waals surface area contributed by atoms with Crippen LogP contribution in [0.3, 0.4) is 0 Å². The monoisotopic (exact) mass is 478 g/mol. The highest BCUT2D eigenvalue weighted by atomic mass is 16.2. The van der Waals surface area contributed by atoms with E-state index in [9.17, 15) is 14.4 Å². The van der Waals surface area contributed by atoms with E-state index in [4.69, 9.17) is 0 Å². The normalized spacial score (nSPS) is 30.5. The number of hydrogen-bond donors (Lipinski definition) is 1. The lowest BCUT2D eigenvalue weighted by Crippen LogP contribution is -2.57. The van der Waals surface area contributed by atoms with Gasteiger partial charge in [0.15, 0.2) is 0 Å². The molecule has 2 saturated heterocycles. The van der Waals surface area contributed by atoms with Gasteiger partial charge in [0.25, 0.3) is 5.91 Å². The van der Waals surface area contributed by atoms with E-state index < -0.39 is 5.54 Å². The molecule has 5 rings (SSSR count). The number of rotatable bonds is 8. The molecule has 4 amide bonds. The van der Waals surface area contributed by atoms with Crippen LogP contribution in [0.1, 0.15) is 37.7 Å². The molecule has 1 saturated carbocycles. The van der Waals surface area contributed by atoms with Gasteiger partial charge < -0.3 is 15.1 Å². The number of allylic oxidation sites excluding steroid dienone is 2. The lowest BCUT2D eigenvalue weighted by atomic mass is 9.74. The average molecular weight is 479 g/mol. The highest BCUT2D eigenvalue weighted by Gasteiger charge is 2.55. The molecule has 0 aromatic heterocycles. The third-order valence-electron chi connectivity index (χ3n) is 8.72. The van der Waals surface area contributed by atoms with Crippen LogP contribution in [0.25, 0.3) is 0 Å². The molecule has 1 unspecified atom stereocenters. The molecular formula is C28H38N4O3. The number of amides is 4. The third kappa shape index (κ3) is 4.63. The molecule has 0 radical (unpaired) electrons. The average Bonchev–Trinajstić information content (AvgIpc) is 3.56. The summed E-state index contributed by atoms with van der Waals surface area (Å²) in [5, 5.41) is 3.16. The predicted molar refractivity (Wildman–Crippen MR) is 134 cm³/mol. The number of carbonyl (C=O) groups is 3. The van der Waals surface area contributed by atoms with Crippen LogP contribution in [-0.4, -0.2) is 78.4 Å². The molecule has 3 fully saturated rings. The predicted octanol–water partition coefficient (Wildman–Crippen LogP) is 2.92. The van der Waals surface area contributed by atoms with Crippen molar-refractivity contribution in [1.82, 2.24) is 20.0 Å². The second kappa shape index (κ2) is 9.76. The van der Waals surface area contributed by atoms with Gasteiger partial charge in [-0.15, -0.1) is 0 Å². The second-order valence-electron chi connectivity index (χ2n) is 11.1. The van der Waals surface area contributed by atoms with Crippen molar-refractivity contribution in [1.29, 1.82) is 0 Å². The van der Waals surface area contributed by atoms with Gasteiger partial charge >= 0.3 is 6.03 Å². The second-order valence-corrected chi connectivity index (χ2v) is 11.1. The zero-order chi connectivity index (χ0) is 24.6. The molecule has 0 spiro atoms. The number of piperidine rings is 1. The molecular weight excluding hydrogens is 440 g/mol. The van der Waals surface area contributed by atoms with Crippen molar-refractivity contribution in [3.8, 4) is 0 Å². The maximum Gasteiger partial charge on any atom is 0.325 e. The van der Waals surface area contributed by atoms with Crippen molar-refractivity contribution in [3.63, 3.8) is 0 Å². The highest BCUT2D eigenvalue weighted by molar-refractivity contribution is 6.07. The number of likely N-dealkylation sites (tertiary alicyclic amines) is 1. The molecule has 2 aliphatic heterocycles. The number of benzene rings is 1. The van der Waals surface area contributed by atoms with Gasteiger partial charge in [0.1, 0.15) is 5.54 Å². The maximum absolute atomic E-state index is 13.8. The Labute approximate surface area is 208 Å². The summed E-state index contributed by atoms with van der Waals surface area (Å²) in [5.74, 6) is 1.32. The lowest BCUT2D eigenvalue weighted by molar-refractivity contribution is -0.139. The summed E-state index contributed by atoms with van der Waals surface area (Å²) in [4.78, 5) is 45.5. The topological polar surface area (TPSA) is 73.0 Å². The van der Waals surface area contributed by atoms with Gasteiger partial charge in [0.2, 0.25) is 5.91 Å². The van der Waals surface area contributed by atoms with Crippen LogP contribution < -0.4 is 5.32 Å². The number of hydrogen-bond acceptors (Lipinski definition) is 4. The Morgan fingerprint density at radius 3 is 2.46 bits per heavy atom. The molecule has 188 valence electrons. The van der Waals surface area contributed by atoms with E-state index >= 15 is 0 Å². The summed E-state index contributed by atoms with van der Waals surface area (Å²) in [6.45, 7) is 2.35. The molecule has 2 bridgehead atoms. The van der Waals surface area contributed by atoms with E-state index in [0.29, 0.717) is 44.4 Å². The number of aryl methyl sites for hydroxylation is 1. The molecule has 1 N–H and O–H groups in total. The third-order valence-corrected chi connectivity index (χ3v) is 8.72. The van der Waals surface area contributed by atoms with Gasteiger partial charge in [-0.25, -0.2) is 4.79 Å². The summed E-state index contributed by atoms with van der Waals surface area (Å²) < 4.78 is 0. The van der Waals surface area contributed by atoms with Crippen molar-refractivity contribution in [2.24, 2.45) is 23.7 Å². The van der Waals surface area contributed by atoms with Crippen LogP contribution >= 0.6 is 0 Å². The lowest BCUT2D eigenvalue weighted by Gasteiger charge is -2.42. The zero-order valence-corrected chi connectivity index (χ0v) is 21.0. The molecule has 35 heavy (non-hydrogen) atoms. The van der Waals surface area contributed by atoms with Crippen LogP contribution in [0.15, 0.2) is 42.5 Å². The minimum absolute atomic E-state index is 0.0241. The standard InChI is InChI=1S/C28H38N4O3/c1-30(2)16-17-32-26(34)28(29-27(32)35,13-10-20-6-4-3-5-7-20)23-11-14-31(15-12-23)25(33)24-19-21-8-9-22(24)18-21/h3-9,21-24H,10-19H2,1-2H3,(H,29,35)/t21-,22+,24-,28?/m1/s1. The van der Waals surface area contributed by atoms with Gasteiger partial charge in [0.05, 0.1) is 0 Å². The van der Waals surface area contributed by atoms with Crippen molar-refractivity contribution in [3.05, 3.63) is 48.0 Å². The van der Waals surface area contributed by atoms with E-state index in [1.54, 1.807) is 0 Å². The number of nitrogens with zero attached hydrogens (tertiary/aromatic N) is 3. The Morgan fingerprint density at radius 2 is 1.83 bits per heavy atom. The van der Waals surface area contributed by atoms with E-state index in [1.807, 2.05) is 42.1 Å². The Kier molecular flexibility index (Phi) is 6.71. The van der Waals surface area contributed by atoms with Crippen molar-refractivity contribution >= 4 is 17.8 Å². The quantitative estimate of drug-likeness (QED) is 0.461. The first kappa shape index (κ1) is 24.0. The summed E-state index contributed by atoms with van der Waals surface area (Å²) in [6, 6.07) is 9.87. The number of urea groups is 1. The molecule has 4 atom stereocenters. The summed E-state index contributed by atoms with van der Waals surface area (Å²) in [7, 11) is 3.89. The molecule has 7 nitrogen and oxygen atoms in total. The van der Waals surface area contributed by atoms with Crippen molar-refractivity contribution < 1.29 is 14.4 Å². The summed E-state index contributed by atoms with van der Waals surface area (Å²) >= 11 is 0. The van der Waals surface area contributed by atoms with Crippen LogP contribution in [0.4, 0.5) is 4.79 Å². The molecule has 2 aliphatic carbocycles. The number of likely N-dealkylation sites (N-methyl/N-ethyl adjacent to an activating group) is 1. The van der Waals surface area contributed by atoms with Crippen molar-refractivity contribution in [2.75, 3.05) is 40.3 Å². The number of fused-ring (bicyclic) bond motifs is 2. The van der Waals surface area contributed by atoms with Gasteiger partial charge in [-0.05, 0) is 75.9 Å². The van der Waals surface area contributed by atoms with E-state index in [1.165, 1.54) is 4.90 Å². The fourth-order valence-electron chi connectivity index (χ4n) is 6.68. The first-order valence-electron chi connectivity index (χ1n) is 13.2. The largest absolute Gasteiger partial charge is 0.342 e. The SMILES string of the molecule is CN(C)CCN1C(=O)NC(CCc2ccccc2)(C2CCN(C(=O)[C@@H]3C[C@@H]4C=C[C@H]3C4)CC2)C1=O. The number of imide groups is 1. The van der Waals surface area contributed by atoms with E-state index in [2.05, 4.69) is 29.6 Å². The Morgan fingerprint density at radius 1 is 1.09 bits per heavy atom. The Hall–Kier alpha value is -2.67. The first-order chi connectivity index (χ1) is 16.9. The number of carbonyl (C=O) groups excluding carboxylic acids is 3. The Bertz CT molecular complexity index is 985. The van der Waals surface area contributed by atoms with Crippen molar-refractivity contribution in [2.45, 2.75) is 44.1 Å². The smallest absolute Gasteiger partial charge is 0.325 e. The van der Waals surface area contributed by atoms with Gasteiger partial charge in [-0.2, -0.15) is 0 Å². The van der Waals surface area contributed by atoms with E-state index in [0.717, 1.165) is 37.7 Å². The minimum Gasteiger partial charge on any atom is -0.342 e. The fourth-order valence-corrected chi connectivity index (χ4v) is 6.68. The molecule has 2 heterocycles. The van der Waals surface area contributed by atoms with Gasteiger partial charge in [-0.1, -0.05) is 42.5 Å². The fraction of sp³-hybridized carbons (Fsp3) is 0.607. The minimum atomic E-state index is -0.899. The molecule has 4 aliphatic rings. The number of nitrogens with one attached hydrogen (secondary N) is 1. The first-order valence-corrected chi connectivity index (χ1v) is 13.2. The Balaban J connectivity index is 1.30. The van der Waals surface area contributed by atoms with Crippen LogP contribution in [0, 0.1) is 23.7 Å². The maximum atomic E-state index is 13.8. The van der Waals surface area contributed by atoms with Crippen LogP contribution in [-0.2, 0) is 16.0 Å². The zero-order valence-electron chi connectivity index (χ0n) is 21.0. The van der Waals surface area contributed by atoms with Gasteiger partial charge in [0, 0.05) is 32.1 Å². The molecule has 1 aromatic carbocycles. The molecule has 7 heteroatoms. The van der Waals surface area contributed by atoms with Crippen LogP contribution in [0.2, 0.25) is 0 Å². The van der Waals surface area contributed by atoms with E-state index in [-0.39, 0.29) is 29.7 Å². The molecule has 1 aromatic rings. The summed E-state index contributed by atoms with van der Waals surface area (Å²) in [5.41, 5.74) is 0.265. The van der Waals surface area contributed by atoms with Crippen LogP contribution in [0.5, 0.6) is 0 Å². The highest BCUT2D eigenvalue weighted by Crippen LogP contribution is 2.45. The van der Waals surface area contributed by atoms with Gasteiger partial charge in [-0.3, -0.25) is 14.5 Å². The summed E-state index contributed by atoms with van der Waals surface area (Å²) in [6.07, 6.45) is 9.40.